The Bertz CT molecular complexity index is 575. The Morgan fingerprint density at radius 2 is 2.06 bits per heavy atom. The SMILES string of the molecule is Cc1ccc(CNC(=O)c2ccc(O)c(C)c2)s1. The number of hydrogen-bond acceptors (Lipinski definition) is 3. The average molecular weight is 261 g/mol. The van der Waals surface area contributed by atoms with E-state index in [-0.39, 0.29) is 11.7 Å². The van der Waals surface area contributed by atoms with Gasteiger partial charge in [-0.3, -0.25) is 4.79 Å². The normalized spacial score (nSPS) is 10.3. The number of aromatic hydroxyl groups is 1. The van der Waals surface area contributed by atoms with E-state index in [9.17, 15) is 9.90 Å². The zero-order valence-electron chi connectivity index (χ0n) is 10.4. The maximum atomic E-state index is 11.9. The van der Waals surface area contributed by atoms with Crippen molar-refractivity contribution in [2.75, 3.05) is 0 Å². The van der Waals surface area contributed by atoms with E-state index < -0.39 is 0 Å². The summed E-state index contributed by atoms with van der Waals surface area (Å²) >= 11 is 1.68. The molecule has 0 aliphatic rings. The highest BCUT2D eigenvalue weighted by molar-refractivity contribution is 7.11. The third kappa shape index (κ3) is 2.90. The van der Waals surface area contributed by atoms with Gasteiger partial charge in [0.05, 0.1) is 6.54 Å². The lowest BCUT2D eigenvalue weighted by Crippen LogP contribution is -2.22. The summed E-state index contributed by atoms with van der Waals surface area (Å²) in [4.78, 5) is 14.3. The molecule has 1 amide bonds. The van der Waals surface area contributed by atoms with Gasteiger partial charge in [0.15, 0.2) is 0 Å². The molecule has 0 saturated carbocycles. The number of amides is 1. The minimum absolute atomic E-state index is 0.121. The molecule has 0 aliphatic carbocycles. The molecule has 3 nitrogen and oxygen atoms in total. The fraction of sp³-hybridized carbons (Fsp3) is 0.214. The number of hydrogen-bond donors (Lipinski definition) is 2. The first-order chi connectivity index (χ1) is 8.56. The number of aryl methyl sites for hydroxylation is 2. The summed E-state index contributed by atoms with van der Waals surface area (Å²) in [7, 11) is 0. The Hall–Kier alpha value is -1.81. The van der Waals surface area contributed by atoms with Crippen molar-refractivity contribution in [2.24, 2.45) is 0 Å². The van der Waals surface area contributed by atoms with E-state index in [0.29, 0.717) is 17.7 Å². The van der Waals surface area contributed by atoms with Crippen molar-refractivity contribution in [2.45, 2.75) is 20.4 Å². The minimum Gasteiger partial charge on any atom is -0.508 e. The second kappa shape index (κ2) is 5.23. The van der Waals surface area contributed by atoms with Gasteiger partial charge in [-0.05, 0) is 49.7 Å². The fourth-order valence-corrected chi connectivity index (χ4v) is 2.48. The molecule has 1 aromatic heterocycles. The second-order valence-corrected chi connectivity index (χ2v) is 5.57. The Balaban J connectivity index is 2.01. The van der Waals surface area contributed by atoms with Crippen LogP contribution in [0.25, 0.3) is 0 Å². The largest absolute Gasteiger partial charge is 0.508 e. The topological polar surface area (TPSA) is 49.3 Å². The Morgan fingerprint density at radius 3 is 2.67 bits per heavy atom. The van der Waals surface area contributed by atoms with Gasteiger partial charge in [-0.25, -0.2) is 0 Å². The number of nitrogens with one attached hydrogen (secondary N) is 1. The first kappa shape index (κ1) is 12.6. The predicted molar refractivity (Wildman–Crippen MR) is 73.1 cm³/mol. The van der Waals surface area contributed by atoms with Gasteiger partial charge in [-0.15, -0.1) is 11.3 Å². The molecule has 1 heterocycles. The van der Waals surface area contributed by atoms with Crippen molar-refractivity contribution < 1.29 is 9.90 Å². The summed E-state index contributed by atoms with van der Waals surface area (Å²) in [6.07, 6.45) is 0. The molecule has 1 aromatic carbocycles. The predicted octanol–water partition coefficient (Wildman–Crippen LogP) is 3.00. The molecular formula is C14H15NO2S. The molecule has 0 fully saturated rings. The fourth-order valence-electron chi connectivity index (χ4n) is 1.65. The summed E-state index contributed by atoms with van der Waals surface area (Å²) in [6.45, 7) is 4.35. The van der Waals surface area contributed by atoms with E-state index in [1.54, 1.807) is 36.5 Å². The molecule has 2 N–H and O–H groups in total. The monoisotopic (exact) mass is 261 g/mol. The lowest BCUT2D eigenvalue weighted by atomic mass is 10.1. The van der Waals surface area contributed by atoms with Gasteiger partial charge in [0.1, 0.15) is 5.75 Å². The first-order valence-electron chi connectivity index (χ1n) is 5.69. The summed E-state index contributed by atoms with van der Waals surface area (Å²) in [5, 5.41) is 12.3. The molecule has 2 rings (SSSR count). The van der Waals surface area contributed by atoms with Crippen LogP contribution in [0, 0.1) is 13.8 Å². The van der Waals surface area contributed by atoms with Crippen LogP contribution in [-0.2, 0) is 6.54 Å². The third-order valence-electron chi connectivity index (χ3n) is 2.68. The molecule has 94 valence electrons. The number of carbonyl (C=O) groups is 1. The zero-order chi connectivity index (χ0) is 13.1. The van der Waals surface area contributed by atoms with Crippen LogP contribution in [0.1, 0.15) is 25.7 Å². The Kier molecular flexibility index (Phi) is 3.67. The van der Waals surface area contributed by atoms with Crippen LogP contribution >= 0.6 is 11.3 Å². The maximum absolute atomic E-state index is 11.9. The van der Waals surface area contributed by atoms with Crippen molar-refractivity contribution >= 4 is 17.2 Å². The Labute approximate surface area is 110 Å². The minimum atomic E-state index is -0.121. The van der Waals surface area contributed by atoms with Crippen LogP contribution < -0.4 is 5.32 Å². The maximum Gasteiger partial charge on any atom is 0.251 e. The number of thiophene rings is 1. The molecule has 2 aromatic rings. The van der Waals surface area contributed by atoms with Gasteiger partial charge in [0.25, 0.3) is 5.91 Å². The summed E-state index contributed by atoms with van der Waals surface area (Å²) in [5.74, 6) is 0.0876. The molecule has 0 radical (unpaired) electrons. The Morgan fingerprint density at radius 1 is 1.28 bits per heavy atom. The number of rotatable bonds is 3. The van der Waals surface area contributed by atoms with E-state index in [1.165, 1.54) is 4.88 Å². The van der Waals surface area contributed by atoms with Gasteiger partial charge >= 0.3 is 0 Å². The van der Waals surface area contributed by atoms with Gasteiger partial charge in [0.2, 0.25) is 0 Å². The van der Waals surface area contributed by atoms with Crippen LogP contribution in [0.3, 0.4) is 0 Å². The molecule has 0 saturated heterocycles. The summed E-state index contributed by atoms with van der Waals surface area (Å²) < 4.78 is 0. The van der Waals surface area contributed by atoms with Crippen LogP contribution in [-0.4, -0.2) is 11.0 Å². The lowest BCUT2D eigenvalue weighted by molar-refractivity contribution is 0.0951. The van der Waals surface area contributed by atoms with Crippen LogP contribution in [0.15, 0.2) is 30.3 Å². The van der Waals surface area contributed by atoms with Crippen LogP contribution in [0.5, 0.6) is 5.75 Å². The highest BCUT2D eigenvalue weighted by Crippen LogP contribution is 2.17. The van der Waals surface area contributed by atoms with Crippen LogP contribution in [0.2, 0.25) is 0 Å². The number of phenolic OH excluding ortho intramolecular Hbond substituents is 1. The van der Waals surface area contributed by atoms with Gasteiger partial charge in [-0.2, -0.15) is 0 Å². The van der Waals surface area contributed by atoms with Crippen molar-refractivity contribution in [3.8, 4) is 5.75 Å². The summed E-state index contributed by atoms with van der Waals surface area (Å²) in [5.41, 5.74) is 1.27. The first-order valence-corrected chi connectivity index (χ1v) is 6.51. The highest BCUT2D eigenvalue weighted by atomic mass is 32.1. The number of carbonyl (C=O) groups excluding carboxylic acids is 1. The van der Waals surface area contributed by atoms with E-state index >= 15 is 0 Å². The molecule has 0 atom stereocenters. The van der Waals surface area contributed by atoms with Gasteiger partial charge in [-0.1, -0.05) is 0 Å². The van der Waals surface area contributed by atoms with Crippen molar-refractivity contribution in [1.82, 2.24) is 5.32 Å². The highest BCUT2D eigenvalue weighted by Gasteiger charge is 2.07. The van der Waals surface area contributed by atoms with Gasteiger partial charge in [0, 0.05) is 15.3 Å². The van der Waals surface area contributed by atoms with Crippen molar-refractivity contribution in [3.05, 3.63) is 51.2 Å². The average Bonchev–Trinajstić information content (AvgIpc) is 2.75. The molecule has 18 heavy (non-hydrogen) atoms. The lowest BCUT2D eigenvalue weighted by Gasteiger charge is -2.05. The third-order valence-corrected chi connectivity index (χ3v) is 3.68. The molecule has 0 spiro atoms. The molecule has 0 unspecified atom stereocenters. The van der Waals surface area contributed by atoms with Crippen LogP contribution in [0.4, 0.5) is 0 Å². The molecule has 0 bridgehead atoms. The number of benzene rings is 1. The van der Waals surface area contributed by atoms with E-state index in [0.717, 1.165) is 4.88 Å². The molecule has 4 heteroatoms. The van der Waals surface area contributed by atoms with Crippen molar-refractivity contribution in [1.29, 1.82) is 0 Å². The zero-order valence-corrected chi connectivity index (χ0v) is 11.2. The smallest absolute Gasteiger partial charge is 0.251 e. The van der Waals surface area contributed by atoms with Gasteiger partial charge < -0.3 is 10.4 Å². The van der Waals surface area contributed by atoms with E-state index in [1.807, 2.05) is 19.1 Å². The standard InChI is InChI=1S/C14H15NO2S/c1-9-7-11(4-6-13(9)16)14(17)15-8-12-5-3-10(2)18-12/h3-7,16H,8H2,1-2H3,(H,15,17). The number of phenols is 1. The van der Waals surface area contributed by atoms with Crippen molar-refractivity contribution in [3.63, 3.8) is 0 Å². The molecular weight excluding hydrogens is 246 g/mol. The summed E-state index contributed by atoms with van der Waals surface area (Å²) in [6, 6.07) is 8.90. The van der Waals surface area contributed by atoms with E-state index in [2.05, 4.69) is 5.32 Å². The van der Waals surface area contributed by atoms with E-state index in [4.69, 9.17) is 0 Å². The second-order valence-electron chi connectivity index (χ2n) is 4.20. The quantitative estimate of drug-likeness (QED) is 0.892. The molecule has 0 aliphatic heterocycles.